The molecule has 16 heavy (non-hydrogen) atoms. The average Bonchev–Trinajstić information content (AvgIpc) is 2.29. The van der Waals surface area contributed by atoms with E-state index >= 15 is 0 Å². The highest BCUT2D eigenvalue weighted by Crippen LogP contribution is 2.25. The summed E-state index contributed by atoms with van der Waals surface area (Å²) < 4.78 is 4.77. The Morgan fingerprint density at radius 2 is 1.88 bits per heavy atom. The predicted octanol–water partition coefficient (Wildman–Crippen LogP) is 1.31. The molecule has 2 N–H and O–H groups in total. The number of ether oxygens (including phenoxy) is 1. The zero-order chi connectivity index (χ0) is 12.2. The first-order valence-electron chi connectivity index (χ1n) is 4.74. The summed E-state index contributed by atoms with van der Waals surface area (Å²) in [5.74, 6) is -0.387. The van der Waals surface area contributed by atoms with Crippen LogP contribution in [-0.4, -0.2) is 22.9 Å². The Hall–Kier alpha value is -1.43. The molecule has 0 fully saturated rings. The SMILES string of the molecule is CC(C)(OO)c1ccc(OC(=O)CO)cc1. The Kier molecular flexibility index (Phi) is 4.00. The van der Waals surface area contributed by atoms with E-state index in [1.54, 1.807) is 38.1 Å². The van der Waals surface area contributed by atoms with Crippen LogP contribution < -0.4 is 4.74 Å². The van der Waals surface area contributed by atoms with Gasteiger partial charge in [0.1, 0.15) is 18.0 Å². The number of carbonyl (C=O) groups is 1. The van der Waals surface area contributed by atoms with E-state index in [4.69, 9.17) is 15.1 Å². The van der Waals surface area contributed by atoms with Crippen LogP contribution in [-0.2, 0) is 15.3 Å². The molecule has 0 amide bonds. The van der Waals surface area contributed by atoms with Crippen LogP contribution in [0.4, 0.5) is 0 Å². The Morgan fingerprint density at radius 1 is 1.31 bits per heavy atom. The molecule has 1 rings (SSSR count). The summed E-state index contributed by atoms with van der Waals surface area (Å²) in [5, 5.41) is 17.2. The van der Waals surface area contributed by atoms with Gasteiger partial charge in [-0.25, -0.2) is 9.68 Å². The molecule has 0 heterocycles. The average molecular weight is 226 g/mol. The van der Waals surface area contributed by atoms with Crippen LogP contribution in [0.3, 0.4) is 0 Å². The molecule has 1 aromatic carbocycles. The van der Waals surface area contributed by atoms with Crippen molar-refractivity contribution in [2.75, 3.05) is 6.61 Å². The zero-order valence-corrected chi connectivity index (χ0v) is 9.14. The molecule has 0 saturated heterocycles. The van der Waals surface area contributed by atoms with E-state index in [0.717, 1.165) is 5.56 Å². The van der Waals surface area contributed by atoms with Crippen molar-refractivity contribution in [3.63, 3.8) is 0 Å². The quantitative estimate of drug-likeness (QED) is 0.350. The van der Waals surface area contributed by atoms with Crippen LogP contribution in [0.15, 0.2) is 24.3 Å². The van der Waals surface area contributed by atoms with Crippen LogP contribution in [0.1, 0.15) is 19.4 Å². The van der Waals surface area contributed by atoms with Crippen molar-refractivity contribution in [2.45, 2.75) is 19.4 Å². The van der Waals surface area contributed by atoms with Crippen molar-refractivity contribution in [3.05, 3.63) is 29.8 Å². The summed E-state index contributed by atoms with van der Waals surface area (Å²) >= 11 is 0. The van der Waals surface area contributed by atoms with Gasteiger partial charge in [0.2, 0.25) is 0 Å². The van der Waals surface area contributed by atoms with Crippen LogP contribution >= 0.6 is 0 Å². The van der Waals surface area contributed by atoms with E-state index < -0.39 is 18.2 Å². The second-order valence-electron chi connectivity index (χ2n) is 3.76. The third-order valence-corrected chi connectivity index (χ3v) is 2.14. The molecule has 0 spiro atoms. The fraction of sp³-hybridized carbons (Fsp3) is 0.364. The summed E-state index contributed by atoms with van der Waals surface area (Å²) in [4.78, 5) is 15.1. The van der Waals surface area contributed by atoms with Gasteiger partial charge in [-0.3, -0.25) is 5.26 Å². The van der Waals surface area contributed by atoms with E-state index in [-0.39, 0.29) is 0 Å². The molecule has 1 aromatic rings. The standard InChI is InChI=1S/C11H14O5/c1-11(2,16-14)8-3-5-9(6-4-8)15-10(13)7-12/h3-6,12,14H,7H2,1-2H3. The molecule has 0 atom stereocenters. The lowest BCUT2D eigenvalue weighted by molar-refractivity contribution is -0.318. The lowest BCUT2D eigenvalue weighted by Gasteiger charge is -2.20. The molecule has 0 radical (unpaired) electrons. The highest BCUT2D eigenvalue weighted by molar-refractivity contribution is 5.73. The third-order valence-electron chi connectivity index (χ3n) is 2.14. The molecule has 5 nitrogen and oxygen atoms in total. The third kappa shape index (κ3) is 3.03. The minimum atomic E-state index is -0.820. The Labute approximate surface area is 93.2 Å². The number of esters is 1. The van der Waals surface area contributed by atoms with Gasteiger partial charge >= 0.3 is 5.97 Å². The maximum absolute atomic E-state index is 10.8. The van der Waals surface area contributed by atoms with Crippen molar-refractivity contribution >= 4 is 5.97 Å². The number of aliphatic hydroxyl groups is 1. The highest BCUT2D eigenvalue weighted by atomic mass is 17.1. The van der Waals surface area contributed by atoms with Crippen LogP contribution in [0.2, 0.25) is 0 Å². The number of benzene rings is 1. The van der Waals surface area contributed by atoms with Gasteiger partial charge in [-0.2, -0.15) is 0 Å². The summed E-state index contributed by atoms with van der Waals surface area (Å²) in [5.41, 5.74) is -0.0849. The molecule has 0 aliphatic heterocycles. The first kappa shape index (κ1) is 12.6. The van der Waals surface area contributed by atoms with E-state index in [0.29, 0.717) is 5.75 Å². The molecular formula is C11H14O5. The monoisotopic (exact) mass is 226 g/mol. The van der Waals surface area contributed by atoms with Crippen molar-refractivity contribution in [3.8, 4) is 5.75 Å². The molecule has 0 unspecified atom stereocenters. The van der Waals surface area contributed by atoms with E-state index in [1.165, 1.54) is 0 Å². The molecular weight excluding hydrogens is 212 g/mol. The number of hydrogen-bond donors (Lipinski definition) is 2. The topological polar surface area (TPSA) is 76.0 Å². The molecule has 0 bridgehead atoms. The van der Waals surface area contributed by atoms with E-state index in [1.807, 2.05) is 0 Å². The fourth-order valence-electron chi connectivity index (χ4n) is 1.14. The van der Waals surface area contributed by atoms with Gasteiger partial charge in [0, 0.05) is 0 Å². The second kappa shape index (κ2) is 5.07. The Bertz CT molecular complexity index is 355. The van der Waals surface area contributed by atoms with Crippen LogP contribution in [0, 0.1) is 0 Å². The number of carbonyl (C=O) groups excluding carboxylic acids is 1. The highest BCUT2D eigenvalue weighted by Gasteiger charge is 2.21. The summed E-state index contributed by atoms with van der Waals surface area (Å²) in [7, 11) is 0. The molecule has 88 valence electrons. The van der Waals surface area contributed by atoms with Crippen LogP contribution in [0.5, 0.6) is 5.75 Å². The van der Waals surface area contributed by atoms with Crippen LogP contribution in [0.25, 0.3) is 0 Å². The molecule has 0 saturated carbocycles. The Balaban J connectivity index is 2.79. The molecule has 0 aliphatic carbocycles. The zero-order valence-electron chi connectivity index (χ0n) is 9.14. The molecule has 0 aromatic heterocycles. The lowest BCUT2D eigenvalue weighted by atomic mass is 9.98. The first-order chi connectivity index (χ1) is 7.49. The van der Waals surface area contributed by atoms with Crippen molar-refractivity contribution in [1.29, 1.82) is 0 Å². The van der Waals surface area contributed by atoms with Gasteiger partial charge in [0.15, 0.2) is 0 Å². The lowest BCUT2D eigenvalue weighted by Crippen LogP contribution is -2.19. The predicted molar refractivity (Wildman–Crippen MR) is 55.9 cm³/mol. The minimum Gasteiger partial charge on any atom is -0.425 e. The van der Waals surface area contributed by atoms with E-state index in [9.17, 15) is 4.79 Å². The van der Waals surface area contributed by atoms with Gasteiger partial charge < -0.3 is 9.84 Å². The summed E-state index contributed by atoms with van der Waals surface area (Å²) in [6.45, 7) is 2.73. The van der Waals surface area contributed by atoms with Crippen molar-refractivity contribution in [1.82, 2.24) is 0 Å². The smallest absolute Gasteiger partial charge is 0.337 e. The normalized spacial score (nSPS) is 11.2. The summed E-state index contributed by atoms with van der Waals surface area (Å²) in [6, 6.07) is 6.44. The van der Waals surface area contributed by atoms with E-state index in [2.05, 4.69) is 4.89 Å². The van der Waals surface area contributed by atoms with Gasteiger partial charge in [0.05, 0.1) is 0 Å². The molecule has 0 aliphatic rings. The summed E-state index contributed by atoms with van der Waals surface area (Å²) in [6.07, 6.45) is 0. The fourth-order valence-corrected chi connectivity index (χ4v) is 1.14. The largest absolute Gasteiger partial charge is 0.425 e. The number of hydrogen-bond acceptors (Lipinski definition) is 5. The van der Waals surface area contributed by atoms with Crippen molar-refractivity contribution < 1.29 is 24.8 Å². The molecule has 5 heteroatoms. The van der Waals surface area contributed by atoms with Gasteiger partial charge in [0.25, 0.3) is 0 Å². The van der Waals surface area contributed by atoms with Gasteiger partial charge in [-0.1, -0.05) is 12.1 Å². The van der Waals surface area contributed by atoms with Gasteiger partial charge in [-0.05, 0) is 31.5 Å². The van der Waals surface area contributed by atoms with Gasteiger partial charge in [-0.15, -0.1) is 0 Å². The minimum absolute atomic E-state index is 0.330. The Morgan fingerprint density at radius 3 is 2.31 bits per heavy atom. The second-order valence-corrected chi connectivity index (χ2v) is 3.76. The maximum Gasteiger partial charge on any atom is 0.337 e. The number of rotatable bonds is 4. The first-order valence-corrected chi connectivity index (χ1v) is 4.74. The van der Waals surface area contributed by atoms with Crippen molar-refractivity contribution in [2.24, 2.45) is 0 Å². The number of aliphatic hydroxyl groups excluding tert-OH is 1. The maximum atomic E-state index is 10.8.